The lowest BCUT2D eigenvalue weighted by atomic mass is 10.1. The zero-order chi connectivity index (χ0) is 14.4. The first-order chi connectivity index (χ1) is 9.69. The summed E-state index contributed by atoms with van der Waals surface area (Å²) in [4.78, 5) is 12.0. The summed E-state index contributed by atoms with van der Waals surface area (Å²) in [5, 5.41) is 2.63. The molecule has 0 aliphatic rings. The van der Waals surface area contributed by atoms with Crippen LogP contribution >= 0.6 is 0 Å². The zero-order valence-corrected chi connectivity index (χ0v) is 10.7. The Morgan fingerprint density at radius 3 is 2.60 bits per heavy atom. The first-order valence-electron chi connectivity index (χ1n) is 6.05. The van der Waals surface area contributed by atoms with Gasteiger partial charge in [-0.15, -0.1) is 0 Å². The molecule has 0 saturated heterocycles. The van der Waals surface area contributed by atoms with Crippen LogP contribution in [-0.2, 0) is 0 Å². The first kappa shape index (κ1) is 13.8. The number of nitrogens with two attached hydrogens (primary N) is 1. The van der Waals surface area contributed by atoms with Gasteiger partial charge in [-0.1, -0.05) is 17.9 Å². The van der Waals surface area contributed by atoms with E-state index in [1.165, 1.54) is 18.2 Å². The van der Waals surface area contributed by atoms with Crippen molar-refractivity contribution in [3.8, 4) is 11.8 Å². The summed E-state index contributed by atoms with van der Waals surface area (Å²) in [7, 11) is 0. The van der Waals surface area contributed by atoms with E-state index in [0.29, 0.717) is 17.8 Å². The molecule has 1 amide bonds. The molecule has 2 aromatic rings. The summed E-state index contributed by atoms with van der Waals surface area (Å²) in [5.41, 5.74) is 6.97. The van der Waals surface area contributed by atoms with Crippen LogP contribution in [-0.4, -0.2) is 12.5 Å². The number of hydrogen-bond donors (Lipinski definition) is 2. The third-order valence-electron chi connectivity index (χ3n) is 2.56. The first-order valence-corrected chi connectivity index (χ1v) is 6.05. The molecule has 3 nitrogen and oxygen atoms in total. The molecule has 3 N–H and O–H groups in total. The van der Waals surface area contributed by atoms with Gasteiger partial charge in [0.25, 0.3) is 5.91 Å². The molecule has 4 heteroatoms. The summed E-state index contributed by atoms with van der Waals surface area (Å²) < 4.78 is 13.0. The van der Waals surface area contributed by atoms with Crippen LogP contribution < -0.4 is 11.1 Å². The van der Waals surface area contributed by atoms with Gasteiger partial charge in [0, 0.05) is 16.8 Å². The summed E-state index contributed by atoms with van der Waals surface area (Å²) >= 11 is 0. The van der Waals surface area contributed by atoms with E-state index in [1.807, 2.05) is 0 Å². The van der Waals surface area contributed by atoms with Crippen molar-refractivity contribution in [2.75, 3.05) is 11.9 Å². The summed E-state index contributed by atoms with van der Waals surface area (Å²) in [5.74, 6) is 4.92. The second-order valence-corrected chi connectivity index (χ2v) is 4.05. The number of benzene rings is 2. The molecule has 0 radical (unpaired) electrons. The fourth-order valence-corrected chi connectivity index (χ4v) is 1.63. The molecule has 0 atom stereocenters. The summed E-state index contributed by atoms with van der Waals surface area (Å²) in [6, 6.07) is 12.6. The third kappa shape index (κ3) is 3.67. The number of carbonyl (C=O) groups excluding carboxylic acids is 1. The smallest absolute Gasteiger partial charge is 0.255 e. The highest BCUT2D eigenvalue weighted by Gasteiger charge is 2.06. The highest BCUT2D eigenvalue weighted by Crippen LogP contribution is 2.11. The van der Waals surface area contributed by atoms with Gasteiger partial charge in [0.1, 0.15) is 5.82 Å². The molecule has 20 heavy (non-hydrogen) atoms. The molecule has 0 saturated carbocycles. The topological polar surface area (TPSA) is 55.1 Å². The Bertz CT molecular complexity index is 669. The van der Waals surface area contributed by atoms with Crippen molar-refractivity contribution in [3.05, 3.63) is 65.5 Å². The highest BCUT2D eigenvalue weighted by molar-refractivity contribution is 6.04. The van der Waals surface area contributed by atoms with Gasteiger partial charge in [-0.2, -0.15) is 0 Å². The molecule has 100 valence electrons. The molecule has 0 aromatic heterocycles. The quantitative estimate of drug-likeness (QED) is 0.822. The number of rotatable bonds is 2. The van der Waals surface area contributed by atoms with Gasteiger partial charge in [-0.05, 0) is 42.5 Å². The van der Waals surface area contributed by atoms with Crippen LogP contribution in [0, 0.1) is 17.7 Å². The predicted octanol–water partition coefficient (Wildman–Crippen LogP) is 2.39. The van der Waals surface area contributed by atoms with Gasteiger partial charge in [0.05, 0.1) is 6.54 Å². The Morgan fingerprint density at radius 1 is 1.20 bits per heavy atom. The van der Waals surface area contributed by atoms with Gasteiger partial charge in [0.2, 0.25) is 0 Å². The van der Waals surface area contributed by atoms with E-state index in [4.69, 9.17) is 5.73 Å². The number of nitrogens with one attached hydrogen (secondary N) is 1. The van der Waals surface area contributed by atoms with Crippen molar-refractivity contribution in [2.45, 2.75) is 0 Å². The number of amides is 1. The minimum atomic E-state index is -0.393. The van der Waals surface area contributed by atoms with Crippen molar-refractivity contribution in [3.63, 3.8) is 0 Å². The van der Waals surface area contributed by atoms with Crippen LogP contribution in [0.3, 0.4) is 0 Å². The van der Waals surface area contributed by atoms with E-state index < -0.39 is 5.82 Å². The van der Waals surface area contributed by atoms with E-state index >= 15 is 0 Å². The number of anilines is 1. The van der Waals surface area contributed by atoms with E-state index in [2.05, 4.69) is 17.2 Å². The molecule has 0 unspecified atom stereocenters. The van der Waals surface area contributed by atoms with Crippen molar-refractivity contribution >= 4 is 11.6 Å². The highest BCUT2D eigenvalue weighted by atomic mass is 19.1. The minimum absolute atomic E-state index is 0.293. The lowest BCUT2D eigenvalue weighted by Crippen LogP contribution is -2.11. The van der Waals surface area contributed by atoms with Crippen LogP contribution in [0.5, 0.6) is 0 Å². The molecule has 2 rings (SSSR count). The summed E-state index contributed by atoms with van der Waals surface area (Å²) in [6.45, 7) is 0.293. The number of halogens is 1. The maximum absolute atomic E-state index is 13.0. The normalized spacial score (nSPS) is 9.50. The average Bonchev–Trinajstić information content (AvgIpc) is 2.45. The van der Waals surface area contributed by atoms with Crippen LogP contribution in [0.4, 0.5) is 10.1 Å². The Labute approximate surface area is 116 Å². The van der Waals surface area contributed by atoms with Crippen molar-refractivity contribution in [1.82, 2.24) is 0 Å². The fraction of sp³-hybridized carbons (Fsp3) is 0.0625. The lowest BCUT2D eigenvalue weighted by molar-refractivity contribution is 0.102. The molecule has 0 heterocycles. The predicted molar refractivity (Wildman–Crippen MR) is 76.7 cm³/mol. The summed E-state index contributed by atoms with van der Waals surface area (Å²) in [6.07, 6.45) is 0. The van der Waals surface area contributed by atoms with Gasteiger partial charge in [-0.25, -0.2) is 4.39 Å². The number of carbonyl (C=O) groups is 1. The maximum Gasteiger partial charge on any atom is 0.255 e. The molecule has 0 bridgehead atoms. The third-order valence-corrected chi connectivity index (χ3v) is 2.56. The van der Waals surface area contributed by atoms with Crippen LogP contribution in [0.2, 0.25) is 0 Å². The SMILES string of the molecule is NCC#Cc1ccc(C(=O)Nc2cccc(F)c2)cc1. The van der Waals surface area contributed by atoms with Gasteiger partial charge in [0.15, 0.2) is 0 Å². The molecular formula is C16H13FN2O. The van der Waals surface area contributed by atoms with Gasteiger partial charge >= 0.3 is 0 Å². The van der Waals surface area contributed by atoms with E-state index in [9.17, 15) is 9.18 Å². The minimum Gasteiger partial charge on any atom is -0.322 e. The molecular weight excluding hydrogens is 255 g/mol. The van der Waals surface area contributed by atoms with E-state index in [0.717, 1.165) is 5.56 Å². The number of hydrogen-bond acceptors (Lipinski definition) is 2. The second-order valence-electron chi connectivity index (χ2n) is 4.05. The second kappa shape index (κ2) is 6.50. The van der Waals surface area contributed by atoms with E-state index in [1.54, 1.807) is 30.3 Å². The molecule has 0 aliphatic heterocycles. The maximum atomic E-state index is 13.0. The zero-order valence-electron chi connectivity index (χ0n) is 10.7. The fourth-order valence-electron chi connectivity index (χ4n) is 1.63. The van der Waals surface area contributed by atoms with Crippen molar-refractivity contribution < 1.29 is 9.18 Å². The average molecular weight is 268 g/mol. The Balaban J connectivity index is 2.09. The molecule has 0 fully saturated rings. The Morgan fingerprint density at radius 2 is 1.95 bits per heavy atom. The van der Waals surface area contributed by atoms with Crippen molar-refractivity contribution in [1.29, 1.82) is 0 Å². The largest absolute Gasteiger partial charge is 0.322 e. The standard InChI is InChI=1S/C16H13FN2O/c17-14-4-1-5-15(11-14)19-16(20)13-8-6-12(7-9-13)3-2-10-18/h1,4-9,11H,10,18H2,(H,19,20). The van der Waals surface area contributed by atoms with Gasteiger partial charge in [-0.3, -0.25) is 4.79 Å². The van der Waals surface area contributed by atoms with Crippen LogP contribution in [0.1, 0.15) is 15.9 Å². The van der Waals surface area contributed by atoms with Gasteiger partial charge < -0.3 is 11.1 Å². The molecule has 0 spiro atoms. The van der Waals surface area contributed by atoms with Crippen LogP contribution in [0.15, 0.2) is 48.5 Å². The molecule has 0 aliphatic carbocycles. The Hall–Kier alpha value is -2.64. The van der Waals surface area contributed by atoms with Crippen LogP contribution in [0.25, 0.3) is 0 Å². The van der Waals surface area contributed by atoms with E-state index in [-0.39, 0.29) is 5.91 Å². The Kier molecular flexibility index (Phi) is 4.48. The molecule has 2 aromatic carbocycles. The monoisotopic (exact) mass is 268 g/mol. The van der Waals surface area contributed by atoms with Crippen molar-refractivity contribution in [2.24, 2.45) is 5.73 Å². The lowest BCUT2D eigenvalue weighted by Gasteiger charge is -2.05.